The average Bonchev–Trinajstić information content (AvgIpc) is 3.11. The summed E-state index contributed by atoms with van der Waals surface area (Å²) in [5.41, 5.74) is 3.05. The van der Waals surface area contributed by atoms with Crippen molar-refractivity contribution >= 4 is 56.9 Å². The fourth-order valence-electron chi connectivity index (χ4n) is 1.79. The zero-order chi connectivity index (χ0) is 15.5. The van der Waals surface area contributed by atoms with E-state index in [0.717, 1.165) is 42.2 Å². The third-order valence-corrected chi connectivity index (χ3v) is 6.16. The van der Waals surface area contributed by atoms with Crippen molar-refractivity contribution in [1.29, 1.82) is 0 Å². The molecule has 0 amide bonds. The van der Waals surface area contributed by atoms with Crippen LogP contribution in [0, 0.1) is 13.8 Å². The highest BCUT2D eigenvalue weighted by atomic mass is 35.5. The van der Waals surface area contributed by atoms with Crippen LogP contribution in [0.15, 0.2) is 27.9 Å². The monoisotopic (exact) mass is 368 g/mol. The lowest BCUT2D eigenvalue weighted by molar-refractivity contribution is 1.01. The highest BCUT2D eigenvalue weighted by Gasteiger charge is 2.09. The fourth-order valence-corrected chi connectivity index (χ4v) is 4.34. The van der Waals surface area contributed by atoms with Crippen LogP contribution in [0.4, 0.5) is 10.8 Å². The summed E-state index contributed by atoms with van der Waals surface area (Å²) in [6.07, 6.45) is 0. The average molecular weight is 369 g/mol. The zero-order valence-electron chi connectivity index (χ0n) is 12.0. The Morgan fingerprint density at radius 1 is 1.27 bits per heavy atom. The minimum absolute atomic E-state index is 0.739. The Balaban J connectivity index is 1.65. The number of benzene rings is 1. The van der Waals surface area contributed by atoms with E-state index in [4.69, 9.17) is 11.6 Å². The minimum atomic E-state index is 0.739. The summed E-state index contributed by atoms with van der Waals surface area (Å²) >= 11 is 11.0. The van der Waals surface area contributed by atoms with Crippen LogP contribution in [-0.2, 0) is 5.75 Å². The van der Waals surface area contributed by atoms with Gasteiger partial charge >= 0.3 is 0 Å². The van der Waals surface area contributed by atoms with Crippen molar-refractivity contribution in [2.45, 2.75) is 23.9 Å². The van der Waals surface area contributed by atoms with Gasteiger partial charge in [-0.25, -0.2) is 4.98 Å². The highest BCUT2D eigenvalue weighted by Crippen LogP contribution is 2.32. The molecule has 0 aliphatic heterocycles. The molecule has 3 aromatic rings. The van der Waals surface area contributed by atoms with Crippen LogP contribution in [0.25, 0.3) is 0 Å². The van der Waals surface area contributed by atoms with Gasteiger partial charge in [-0.3, -0.25) is 0 Å². The molecular weight excluding hydrogens is 356 g/mol. The van der Waals surface area contributed by atoms with Gasteiger partial charge in [-0.05, 0) is 31.5 Å². The first-order chi connectivity index (χ1) is 10.6. The number of anilines is 2. The van der Waals surface area contributed by atoms with Gasteiger partial charge in [0.1, 0.15) is 0 Å². The number of nitrogens with one attached hydrogen (secondary N) is 1. The van der Waals surface area contributed by atoms with E-state index in [1.165, 1.54) is 11.3 Å². The van der Waals surface area contributed by atoms with E-state index in [2.05, 4.69) is 25.9 Å². The quantitative estimate of drug-likeness (QED) is 0.619. The Morgan fingerprint density at radius 2 is 2.14 bits per heavy atom. The topological polar surface area (TPSA) is 50.7 Å². The van der Waals surface area contributed by atoms with Crippen molar-refractivity contribution in [3.05, 3.63) is 44.9 Å². The summed E-state index contributed by atoms with van der Waals surface area (Å²) in [6, 6.07) is 5.77. The Hall–Kier alpha value is -1.15. The van der Waals surface area contributed by atoms with E-state index in [1.807, 2.05) is 32.0 Å². The lowest BCUT2D eigenvalue weighted by Crippen LogP contribution is -1.92. The molecule has 0 saturated carbocycles. The van der Waals surface area contributed by atoms with Gasteiger partial charge in [0, 0.05) is 21.8 Å². The van der Waals surface area contributed by atoms with E-state index in [0.29, 0.717) is 0 Å². The minimum Gasteiger partial charge on any atom is -0.330 e. The molecule has 0 saturated heterocycles. The van der Waals surface area contributed by atoms with Crippen LogP contribution in [0.2, 0.25) is 5.02 Å². The maximum Gasteiger partial charge on any atom is 0.210 e. The lowest BCUT2D eigenvalue weighted by Gasteiger charge is -2.06. The molecule has 0 aliphatic carbocycles. The second-order valence-corrected chi connectivity index (χ2v) is 8.23. The molecule has 8 heteroatoms. The van der Waals surface area contributed by atoms with Crippen LogP contribution in [-0.4, -0.2) is 15.2 Å². The van der Waals surface area contributed by atoms with Crippen molar-refractivity contribution in [3.63, 3.8) is 0 Å². The molecular formula is C14H13ClN4S3. The van der Waals surface area contributed by atoms with Crippen LogP contribution < -0.4 is 5.32 Å². The van der Waals surface area contributed by atoms with Crippen molar-refractivity contribution < 1.29 is 0 Å². The zero-order valence-corrected chi connectivity index (χ0v) is 15.2. The van der Waals surface area contributed by atoms with Crippen LogP contribution in [0.1, 0.15) is 16.3 Å². The molecule has 0 unspecified atom stereocenters. The number of aromatic nitrogens is 3. The van der Waals surface area contributed by atoms with Crippen LogP contribution in [0.5, 0.6) is 0 Å². The first-order valence-corrected chi connectivity index (χ1v) is 9.57. The summed E-state index contributed by atoms with van der Waals surface area (Å²) in [6.45, 7) is 3.99. The third-order valence-electron chi connectivity index (χ3n) is 2.93. The number of thiazole rings is 1. The highest BCUT2D eigenvalue weighted by molar-refractivity contribution is 8.00. The summed E-state index contributed by atoms with van der Waals surface area (Å²) < 4.78 is 0.924. The van der Waals surface area contributed by atoms with E-state index >= 15 is 0 Å². The maximum atomic E-state index is 6.12. The molecule has 2 heterocycles. The molecule has 0 aliphatic rings. The Morgan fingerprint density at radius 3 is 2.91 bits per heavy atom. The van der Waals surface area contributed by atoms with Gasteiger partial charge in [0.05, 0.1) is 10.7 Å². The van der Waals surface area contributed by atoms with Crippen molar-refractivity contribution in [1.82, 2.24) is 15.2 Å². The predicted octanol–water partition coefficient (Wildman–Crippen LogP) is 5.30. The Bertz CT molecular complexity index is 784. The van der Waals surface area contributed by atoms with E-state index < -0.39 is 0 Å². The number of rotatable bonds is 5. The number of hydrogen-bond donors (Lipinski definition) is 1. The maximum absolute atomic E-state index is 6.12. The molecule has 3 rings (SSSR count). The van der Waals surface area contributed by atoms with E-state index in [9.17, 15) is 0 Å². The van der Waals surface area contributed by atoms with Gasteiger partial charge in [0.2, 0.25) is 5.13 Å². The molecule has 1 N–H and O–H groups in total. The molecule has 0 radical (unpaired) electrons. The van der Waals surface area contributed by atoms with Gasteiger partial charge in [-0.1, -0.05) is 40.8 Å². The van der Waals surface area contributed by atoms with Crippen molar-refractivity contribution in [3.8, 4) is 0 Å². The van der Waals surface area contributed by atoms with E-state index in [-0.39, 0.29) is 0 Å². The molecule has 0 bridgehead atoms. The second-order valence-electron chi connectivity index (χ2n) is 4.56. The first kappa shape index (κ1) is 15.7. The molecule has 1 aromatic carbocycles. The van der Waals surface area contributed by atoms with Crippen LogP contribution in [0.3, 0.4) is 0 Å². The van der Waals surface area contributed by atoms with Gasteiger partial charge in [0.25, 0.3) is 0 Å². The van der Waals surface area contributed by atoms with Crippen molar-refractivity contribution in [2.24, 2.45) is 0 Å². The second kappa shape index (κ2) is 6.95. The first-order valence-electron chi connectivity index (χ1n) is 6.51. The normalized spacial score (nSPS) is 10.9. The number of hydrogen-bond acceptors (Lipinski definition) is 7. The largest absolute Gasteiger partial charge is 0.330 e. The molecule has 4 nitrogen and oxygen atoms in total. The molecule has 0 spiro atoms. The van der Waals surface area contributed by atoms with Gasteiger partial charge in [-0.2, -0.15) is 0 Å². The van der Waals surface area contributed by atoms with Gasteiger partial charge < -0.3 is 5.32 Å². The summed E-state index contributed by atoms with van der Waals surface area (Å²) in [4.78, 5) is 4.45. The van der Waals surface area contributed by atoms with Crippen LogP contribution >= 0.6 is 46.0 Å². The summed E-state index contributed by atoms with van der Waals surface area (Å²) in [5, 5.41) is 16.3. The standard InChI is InChI=1S/C14H13ClN4S3/c1-8-11(15)4-3-5-12(8)17-13-18-19-14(22-13)21-7-10-6-20-9(2)16-10/h3-6H,7H2,1-2H3,(H,17,18). The van der Waals surface area contributed by atoms with Gasteiger partial charge in [-0.15, -0.1) is 21.5 Å². The smallest absolute Gasteiger partial charge is 0.210 e. The number of thioether (sulfide) groups is 1. The summed E-state index contributed by atoms with van der Waals surface area (Å²) in [7, 11) is 0. The molecule has 0 atom stereocenters. The predicted molar refractivity (Wildman–Crippen MR) is 95.8 cm³/mol. The van der Waals surface area contributed by atoms with Gasteiger partial charge in [0.15, 0.2) is 4.34 Å². The molecule has 2 aromatic heterocycles. The lowest BCUT2D eigenvalue weighted by atomic mass is 10.2. The summed E-state index contributed by atoms with van der Waals surface area (Å²) in [5.74, 6) is 0.815. The number of aryl methyl sites for hydroxylation is 1. The van der Waals surface area contributed by atoms with Crippen molar-refractivity contribution in [2.75, 3.05) is 5.32 Å². The molecule has 22 heavy (non-hydrogen) atoms. The molecule has 114 valence electrons. The SMILES string of the molecule is Cc1nc(CSc2nnc(Nc3cccc(Cl)c3C)s2)cs1. The molecule has 0 fully saturated rings. The third kappa shape index (κ3) is 3.78. The number of halogens is 1. The number of nitrogens with zero attached hydrogens (tertiary/aromatic N) is 3. The Labute approximate surface area is 146 Å². The fraction of sp³-hybridized carbons (Fsp3) is 0.214. The Kier molecular flexibility index (Phi) is 4.97. The van der Waals surface area contributed by atoms with E-state index in [1.54, 1.807) is 23.1 Å².